The molecule has 3 N–H and O–H groups in total. The van der Waals surface area contributed by atoms with Gasteiger partial charge in [-0.05, 0) is 31.5 Å². The first kappa shape index (κ1) is 15.6. The molecule has 3 rings (SSSR count). The number of aliphatic hydroxyl groups is 1. The summed E-state index contributed by atoms with van der Waals surface area (Å²) in [5.74, 6) is -0.468. The van der Waals surface area contributed by atoms with Gasteiger partial charge in [0.15, 0.2) is 0 Å². The lowest BCUT2D eigenvalue weighted by atomic mass is 9.89. The summed E-state index contributed by atoms with van der Waals surface area (Å²) in [6.07, 6.45) is 3.16. The van der Waals surface area contributed by atoms with Crippen molar-refractivity contribution in [2.45, 2.75) is 31.4 Å². The van der Waals surface area contributed by atoms with Gasteiger partial charge in [-0.1, -0.05) is 18.2 Å². The molecule has 1 aliphatic heterocycles. The van der Waals surface area contributed by atoms with Crippen LogP contribution in [0.1, 0.15) is 25.0 Å². The van der Waals surface area contributed by atoms with Crippen LogP contribution in [0.25, 0.3) is 5.69 Å². The zero-order valence-electron chi connectivity index (χ0n) is 12.9. The summed E-state index contributed by atoms with van der Waals surface area (Å²) in [5.41, 5.74) is 5.94. The second kappa shape index (κ2) is 6.47. The highest BCUT2D eigenvalue weighted by Gasteiger charge is 2.34. The number of para-hydroxylation sites is 1. The van der Waals surface area contributed by atoms with Crippen molar-refractivity contribution in [3.05, 3.63) is 42.2 Å². The highest BCUT2D eigenvalue weighted by atomic mass is 16.3. The number of rotatable bonds is 5. The number of nitrogens with zero attached hydrogens (tertiary/aromatic N) is 4. The van der Waals surface area contributed by atoms with Gasteiger partial charge < -0.3 is 10.8 Å². The van der Waals surface area contributed by atoms with E-state index in [9.17, 15) is 9.90 Å². The van der Waals surface area contributed by atoms with Gasteiger partial charge in [-0.2, -0.15) is 15.0 Å². The minimum Gasteiger partial charge on any atom is -0.388 e. The van der Waals surface area contributed by atoms with E-state index in [-0.39, 0.29) is 6.42 Å². The number of likely N-dealkylation sites (tertiary alicyclic amines) is 1. The van der Waals surface area contributed by atoms with Gasteiger partial charge in [0.2, 0.25) is 5.91 Å². The highest BCUT2D eigenvalue weighted by molar-refractivity contribution is 5.75. The van der Waals surface area contributed by atoms with Crippen LogP contribution in [0.5, 0.6) is 0 Å². The van der Waals surface area contributed by atoms with Gasteiger partial charge in [0.1, 0.15) is 0 Å². The minimum absolute atomic E-state index is 0.000204. The fourth-order valence-corrected chi connectivity index (χ4v) is 3.09. The van der Waals surface area contributed by atoms with E-state index in [1.807, 2.05) is 30.3 Å². The van der Waals surface area contributed by atoms with Crippen LogP contribution < -0.4 is 5.73 Å². The molecule has 0 spiro atoms. The standard InChI is InChI=1S/C16H21N5O2/c17-15(22)9-16(23)7-4-8-20(12-16)11-13-10-18-21(19-13)14-5-2-1-3-6-14/h1-3,5-6,10,23H,4,7-9,11-12H2,(H2,17,22). The summed E-state index contributed by atoms with van der Waals surface area (Å²) < 4.78 is 0. The number of β-amino-alcohol motifs (C(OH)–C–C–N with tert-alkyl or cyclic N) is 1. The monoisotopic (exact) mass is 315 g/mol. The first-order valence-electron chi connectivity index (χ1n) is 7.74. The van der Waals surface area contributed by atoms with Crippen molar-refractivity contribution < 1.29 is 9.90 Å². The average molecular weight is 315 g/mol. The van der Waals surface area contributed by atoms with Crippen LogP contribution >= 0.6 is 0 Å². The summed E-state index contributed by atoms with van der Waals surface area (Å²) >= 11 is 0. The fraction of sp³-hybridized carbons (Fsp3) is 0.438. The quantitative estimate of drug-likeness (QED) is 0.836. The molecule has 1 saturated heterocycles. The largest absolute Gasteiger partial charge is 0.388 e. The summed E-state index contributed by atoms with van der Waals surface area (Å²) in [6.45, 7) is 1.88. The number of primary amides is 1. The molecule has 122 valence electrons. The third-order valence-corrected chi connectivity index (χ3v) is 4.05. The van der Waals surface area contributed by atoms with Crippen LogP contribution in [-0.2, 0) is 11.3 Å². The van der Waals surface area contributed by atoms with Gasteiger partial charge in [-0.25, -0.2) is 0 Å². The van der Waals surface area contributed by atoms with Crippen LogP contribution in [0, 0.1) is 0 Å². The number of hydrogen-bond donors (Lipinski definition) is 2. The Hall–Kier alpha value is -2.25. The molecule has 1 aliphatic rings. The van der Waals surface area contributed by atoms with Gasteiger partial charge in [-0.15, -0.1) is 0 Å². The highest BCUT2D eigenvalue weighted by Crippen LogP contribution is 2.25. The molecular weight excluding hydrogens is 294 g/mol. The molecule has 1 amide bonds. The van der Waals surface area contributed by atoms with Crippen molar-refractivity contribution in [1.29, 1.82) is 0 Å². The summed E-state index contributed by atoms with van der Waals surface area (Å²) in [4.78, 5) is 14.8. The van der Waals surface area contributed by atoms with Gasteiger partial charge >= 0.3 is 0 Å². The molecule has 1 unspecified atom stereocenters. The third-order valence-electron chi connectivity index (χ3n) is 4.05. The van der Waals surface area contributed by atoms with E-state index in [4.69, 9.17) is 5.73 Å². The molecule has 0 saturated carbocycles. The Morgan fingerprint density at radius 3 is 2.87 bits per heavy atom. The first-order chi connectivity index (χ1) is 11.0. The lowest BCUT2D eigenvalue weighted by Gasteiger charge is -2.38. The van der Waals surface area contributed by atoms with Crippen molar-refractivity contribution in [3.8, 4) is 5.69 Å². The van der Waals surface area contributed by atoms with E-state index in [1.54, 1.807) is 11.0 Å². The maximum Gasteiger partial charge on any atom is 0.220 e. The lowest BCUT2D eigenvalue weighted by Crippen LogP contribution is -2.49. The SMILES string of the molecule is NC(=O)CC1(O)CCCN(Cc2cnn(-c3ccccc3)n2)C1. The molecule has 2 heterocycles. The second-order valence-corrected chi connectivity index (χ2v) is 6.14. The molecule has 1 aromatic carbocycles. The van der Waals surface area contributed by atoms with Gasteiger partial charge in [-0.3, -0.25) is 9.69 Å². The molecule has 1 atom stereocenters. The Kier molecular flexibility index (Phi) is 4.40. The number of nitrogens with two attached hydrogens (primary N) is 1. The molecular formula is C16H21N5O2. The van der Waals surface area contributed by atoms with E-state index >= 15 is 0 Å². The van der Waals surface area contributed by atoms with Gasteiger partial charge in [0, 0.05) is 13.1 Å². The number of benzene rings is 1. The molecule has 7 nitrogen and oxygen atoms in total. The number of amides is 1. The Balaban J connectivity index is 1.65. The molecule has 2 aromatic rings. The van der Waals surface area contributed by atoms with Crippen LogP contribution in [0.3, 0.4) is 0 Å². The van der Waals surface area contributed by atoms with Crippen LogP contribution in [-0.4, -0.2) is 49.6 Å². The van der Waals surface area contributed by atoms with Crippen molar-refractivity contribution in [3.63, 3.8) is 0 Å². The number of carbonyl (C=O) groups excluding carboxylic acids is 1. The zero-order chi connectivity index (χ0) is 16.3. The molecule has 1 aromatic heterocycles. The molecule has 7 heteroatoms. The number of hydrogen-bond acceptors (Lipinski definition) is 5. The minimum atomic E-state index is -1.03. The Labute approximate surface area is 134 Å². The number of carbonyl (C=O) groups is 1. The summed E-state index contributed by atoms with van der Waals surface area (Å²) in [5, 5.41) is 19.2. The number of piperidine rings is 1. The predicted octanol–water partition coefficient (Wildman–Crippen LogP) is 0.470. The molecule has 1 fully saturated rings. The average Bonchev–Trinajstić information content (AvgIpc) is 2.95. The molecule has 0 radical (unpaired) electrons. The maximum absolute atomic E-state index is 11.1. The first-order valence-corrected chi connectivity index (χ1v) is 7.74. The van der Waals surface area contributed by atoms with Crippen molar-refractivity contribution >= 4 is 5.91 Å². The van der Waals surface area contributed by atoms with E-state index in [0.29, 0.717) is 19.5 Å². The van der Waals surface area contributed by atoms with E-state index in [0.717, 1.165) is 24.3 Å². The van der Waals surface area contributed by atoms with Crippen molar-refractivity contribution in [2.24, 2.45) is 5.73 Å². The number of aromatic nitrogens is 3. The zero-order valence-corrected chi connectivity index (χ0v) is 12.9. The second-order valence-electron chi connectivity index (χ2n) is 6.14. The maximum atomic E-state index is 11.1. The van der Waals surface area contributed by atoms with Gasteiger partial charge in [0.25, 0.3) is 0 Å². The summed E-state index contributed by atoms with van der Waals surface area (Å²) in [6, 6.07) is 9.70. The smallest absolute Gasteiger partial charge is 0.220 e. The molecule has 0 aliphatic carbocycles. The Bertz CT molecular complexity index is 672. The van der Waals surface area contributed by atoms with Gasteiger partial charge in [0.05, 0.1) is 29.6 Å². The van der Waals surface area contributed by atoms with E-state index < -0.39 is 11.5 Å². The predicted molar refractivity (Wildman–Crippen MR) is 84.6 cm³/mol. The van der Waals surface area contributed by atoms with Crippen molar-refractivity contribution in [1.82, 2.24) is 19.9 Å². The molecule has 23 heavy (non-hydrogen) atoms. The Morgan fingerprint density at radius 2 is 2.13 bits per heavy atom. The van der Waals surface area contributed by atoms with Crippen LogP contribution in [0.2, 0.25) is 0 Å². The topological polar surface area (TPSA) is 97.3 Å². The van der Waals surface area contributed by atoms with Crippen molar-refractivity contribution in [2.75, 3.05) is 13.1 Å². The van der Waals surface area contributed by atoms with E-state index in [1.165, 1.54) is 0 Å². The Morgan fingerprint density at radius 1 is 1.35 bits per heavy atom. The van der Waals surface area contributed by atoms with Crippen LogP contribution in [0.4, 0.5) is 0 Å². The lowest BCUT2D eigenvalue weighted by molar-refractivity contribution is -0.125. The normalized spacial score (nSPS) is 22.1. The fourth-order valence-electron chi connectivity index (χ4n) is 3.09. The summed E-state index contributed by atoms with van der Waals surface area (Å²) in [7, 11) is 0. The van der Waals surface area contributed by atoms with Crippen LogP contribution in [0.15, 0.2) is 36.5 Å². The van der Waals surface area contributed by atoms with E-state index in [2.05, 4.69) is 15.1 Å². The molecule has 0 bridgehead atoms. The third kappa shape index (κ3) is 3.94.